The van der Waals surface area contributed by atoms with E-state index in [2.05, 4.69) is 15.5 Å². The Morgan fingerprint density at radius 2 is 1.60 bits per heavy atom. The van der Waals surface area contributed by atoms with Gasteiger partial charge in [0.2, 0.25) is 11.1 Å². The van der Waals surface area contributed by atoms with Crippen molar-refractivity contribution in [1.82, 2.24) is 20.5 Å². The maximum atomic E-state index is 12.5. The van der Waals surface area contributed by atoms with Gasteiger partial charge in [-0.1, -0.05) is 78.8 Å². The molecule has 0 unspecified atom stereocenters. The summed E-state index contributed by atoms with van der Waals surface area (Å²) in [6.07, 6.45) is 5.02. The maximum Gasteiger partial charge on any atom is 0.230 e. The highest BCUT2D eigenvalue weighted by molar-refractivity contribution is 7.99. The maximum absolute atomic E-state index is 12.5. The number of nitrogens with zero attached hydrogens (tertiary/aromatic N) is 3. The third kappa shape index (κ3) is 4.10. The minimum absolute atomic E-state index is 0.0644. The molecule has 2 aliphatic rings. The Bertz CT molecular complexity index is 1030. The van der Waals surface area contributed by atoms with Crippen LogP contribution in [0.3, 0.4) is 0 Å². The van der Waals surface area contributed by atoms with Crippen LogP contribution in [0, 0.1) is 11.8 Å². The van der Waals surface area contributed by atoms with E-state index in [1.807, 2.05) is 60.7 Å². The number of nitrogens with one attached hydrogen (secondary N) is 1. The molecule has 5 nitrogen and oxygen atoms in total. The highest BCUT2D eigenvalue weighted by Gasteiger charge is 2.40. The summed E-state index contributed by atoms with van der Waals surface area (Å²) in [5.41, 5.74) is 3.49. The second kappa shape index (κ2) is 8.56. The quantitative estimate of drug-likeness (QED) is 0.595. The number of carbonyl (C=O) groups is 1. The van der Waals surface area contributed by atoms with Crippen LogP contribution in [-0.2, 0) is 4.79 Å². The smallest absolute Gasteiger partial charge is 0.230 e. The van der Waals surface area contributed by atoms with Gasteiger partial charge in [0.15, 0.2) is 0 Å². The van der Waals surface area contributed by atoms with Crippen molar-refractivity contribution in [3.63, 3.8) is 0 Å². The minimum Gasteiger partial charge on any atom is -0.352 e. The van der Waals surface area contributed by atoms with Gasteiger partial charge in [-0.2, -0.15) is 0 Å². The predicted octanol–water partition coefficient (Wildman–Crippen LogP) is 4.60. The Labute approximate surface area is 180 Å². The van der Waals surface area contributed by atoms with Crippen molar-refractivity contribution in [3.8, 4) is 22.5 Å². The molecule has 2 fully saturated rings. The number of hydrogen-bond acceptors (Lipinski definition) is 5. The average molecular weight is 417 g/mol. The SMILES string of the molecule is O=C(CSc1nnc(-c2ccccc2)c(-c2ccccc2)n1)N[C@@H]1C[C@@H]2CC[C@@H]1C2. The van der Waals surface area contributed by atoms with Crippen molar-refractivity contribution < 1.29 is 4.79 Å². The molecule has 2 saturated carbocycles. The highest BCUT2D eigenvalue weighted by Crippen LogP contribution is 2.44. The summed E-state index contributed by atoms with van der Waals surface area (Å²) in [7, 11) is 0. The molecule has 152 valence electrons. The van der Waals surface area contributed by atoms with Crippen molar-refractivity contribution in [3.05, 3.63) is 60.7 Å². The highest BCUT2D eigenvalue weighted by atomic mass is 32.2. The molecule has 2 aliphatic carbocycles. The van der Waals surface area contributed by atoms with Gasteiger partial charge in [0.05, 0.1) is 5.75 Å². The normalized spacial score (nSPS) is 22.2. The van der Waals surface area contributed by atoms with Crippen molar-refractivity contribution in [1.29, 1.82) is 0 Å². The molecule has 3 aromatic rings. The summed E-state index contributed by atoms with van der Waals surface area (Å²) >= 11 is 1.35. The summed E-state index contributed by atoms with van der Waals surface area (Å²) < 4.78 is 0. The van der Waals surface area contributed by atoms with Gasteiger partial charge in [-0.25, -0.2) is 4.98 Å². The van der Waals surface area contributed by atoms with Gasteiger partial charge in [0, 0.05) is 17.2 Å². The van der Waals surface area contributed by atoms with Crippen LogP contribution in [0.25, 0.3) is 22.5 Å². The zero-order valence-electron chi connectivity index (χ0n) is 16.7. The lowest BCUT2D eigenvalue weighted by Crippen LogP contribution is -2.39. The molecular weight excluding hydrogens is 392 g/mol. The molecule has 5 rings (SSSR count). The first-order valence-corrected chi connectivity index (χ1v) is 11.5. The van der Waals surface area contributed by atoms with E-state index in [1.54, 1.807) is 0 Å². The van der Waals surface area contributed by atoms with Crippen LogP contribution < -0.4 is 5.32 Å². The fourth-order valence-corrected chi connectivity index (χ4v) is 5.36. The van der Waals surface area contributed by atoms with Gasteiger partial charge >= 0.3 is 0 Å². The third-order valence-corrected chi connectivity index (χ3v) is 7.02. The van der Waals surface area contributed by atoms with Gasteiger partial charge in [-0.05, 0) is 31.1 Å². The first kappa shape index (κ1) is 19.2. The minimum atomic E-state index is 0.0644. The molecule has 3 atom stereocenters. The van der Waals surface area contributed by atoms with E-state index in [1.165, 1.54) is 31.0 Å². The largest absolute Gasteiger partial charge is 0.352 e. The van der Waals surface area contributed by atoms with E-state index in [9.17, 15) is 4.79 Å². The molecule has 1 N–H and O–H groups in total. The van der Waals surface area contributed by atoms with Crippen molar-refractivity contribution >= 4 is 17.7 Å². The second-order valence-electron chi connectivity index (χ2n) is 8.16. The molecule has 2 bridgehead atoms. The third-order valence-electron chi connectivity index (χ3n) is 6.18. The van der Waals surface area contributed by atoms with Gasteiger partial charge in [0.1, 0.15) is 11.4 Å². The first-order chi connectivity index (χ1) is 14.8. The molecule has 0 aliphatic heterocycles. The van der Waals surface area contributed by atoms with Crippen LogP contribution >= 0.6 is 11.8 Å². The lowest BCUT2D eigenvalue weighted by Gasteiger charge is -2.22. The van der Waals surface area contributed by atoms with Gasteiger partial charge in [0.25, 0.3) is 0 Å². The average Bonchev–Trinajstić information content (AvgIpc) is 3.42. The summed E-state index contributed by atoms with van der Waals surface area (Å²) in [5.74, 6) is 1.87. The Balaban J connectivity index is 1.32. The van der Waals surface area contributed by atoms with Crippen LogP contribution in [0.5, 0.6) is 0 Å². The zero-order chi connectivity index (χ0) is 20.3. The Kier molecular flexibility index (Phi) is 5.49. The van der Waals surface area contributed by atoms with Gasteiger partial charge in [-0.3, -0.25) is 4.79 Å². The van der Waals surface area contributed by atoms with Crippen LogP contribution in [0.15, 0.2) is 65.8 Å². The van der Waals surface area contributed by atoms with E-state index in [4.69, 9.17) is 4.98 Å². The Morgan fingerprint density at radius 3 is 2.23 bits per heavy atom. The van der Waals surface area contributed by atoms with E-state index < -0.39 is 0 Å². The van der Waals surface area contributed by atoms with Crippen molar-refractivity contribution in [2.45, 2.75) is 36.9 Å². The fraction of sp³-hybridized carbons (Fsp3) is 0.333. The molecule has 30 heavy (non-hydrogen) atoms. The monoisotopic (exact) mass is 416 g/mol. The molecule has 1 aromatic heterocycles. The molecule has 0 radical (unpaired) electrons. The number of aromatic nitrogens is 3. The van der Waals surface area contributed by atoms with E-state index in [-0.39, 0.29) is 5.91 Å². The molecule has 2 aromatic carbocycles. The summed E-state index contributed by atoms with van der Waals surface area (Å²) in [6, 6.07) is 20.3. The number of carbonyl (C=O) groups excluding carboxylic acids is 1. The first-order valence-electron chi connectivity index (χ1n) is 10.5. The van der Waals surface area contributed by atoms with Crippen molar-refractivity contribution in [2.75, 3.05) is 5.75 Å². The Hall–Kier alpha value is -2.73. The van der Waals surface area contributed by atoms with E-state index in [0.29, 0.717) is 22.9 Å². The molecular formula is C24H24N4OS. The van der Waals surface area contributed by atoms with Crippen LogP contribution in [0.4, 0.5) is 0 Å². The Morgan fingerprint density at radius 1 is 0.900 bits per heavy atom. The number of rotatable bonds is 6. The van der Waals surface area contributed by atoms with E-state index >= 15 is 0 Å². The lowest BCUT2D eigenvalue weighted by molar-refractivity contribution is -0.119. The number of amides is 1. The lowest BCUT2D eigenvalue weighted by atomic mass is 9.95. The molecule has 0 spiro atoms. The predicted molar refractivity (Wildman–Crippen MR) is 119 cm³/mol. The van der Waals surface area contributed by atoms with Crippen LogP contribution in [0.2, 0.25) is 0 Å². The molecule has 1 amide bonds. The van der Waals surface area contributed by atoms with E-state index in [0.717, 1.165) is 34.9 Å². The van der Waals surface area contributed by atoms with Crippen LogP contribution in [0.1, 0.15) is 25.7 Å². The molecule has 0 saturated heterocycles. The second-order valence-corrected chi connectivity index (χ2v) is 9.10. The summed E-state index contributed by atoms with van der Waals surface area (Å²) in [6.45, 7) is 0. The summed E-state index contributed by atoms with van der Waals surface area (Å²) in [4.78, 5) is 17.3. The van der Waals surface area contributed by atoms with Gasteiger partial charge in [-0.15, -0.1) is 10.2 Å². The van der Waals surface area contributed by atoms with Gasteiger partial charge < -0.3 is 5.32 Å². The fourth-order valence-electron chi connectivity index (χ4n) is 4.76. The number of thioether (sulfide) groups is 1. The number of hydrogen-bond donors (Lipinski definition) is 1. The van der Waals surface area contributed by atoms with Crippen LogP contribution in [-0.4, -0.2) is 32.9 Å². The standard InChI is InChI=1S/C24H24N4OS/c29-21(25-20-14-16-11-12-19(20)13-16)15-30-24-26-22(17-7-3-1-4-8-17)23(27-28-24)18-9-5-2-6-10-18/h1-10,16,19-20H,11-15H2,(H,25,29)/t16-,19-,20-/m1/s1. The summed E-state index contributed by atoms with van der Waals surface area (Å²) in [5, 5.41) is 12.5. The van der Waals surface area contributed by atoms with Crippen molar-refractivity contribution in [2.24, 2.45) is 11.8 Å². The molecule has 1 heterocycles. The zero-order valence-corrected chi connectivity index (χ0v) is 17.5. The number of benzene rings is 2. The number of fused-ring (bicyclic) bond motifs is 2. The topological polar surface area (TPSA) is 67.8 Å². The molecule has 6 heteroatoms.